The predicted octanol–water partition coefficient (Wildman–Crippen LogP) is 4.82. The highest BCUT2D eigenvalue weighted by atomic mass is 14.9. The van der Waals surface area contributed by atoms with E-state index in [4.69, 9.17) is 0 Å². The first-order valence-electron chi connectivity index (χ1n) is 8.62. The lowest BCUT2D eigenvalue weighted by Crippen LogP contribution is -2.26. The monoisotopic (exact) mass is 273 g/mol. The largest absolute Gasteiger partial charge is 0.310 e. The molecule has 0 saturated heterocycles. The topological polar surface area (TPSA) is 12.0 Å². The Hall–Kier alpha value is -0.820. The van der Waals surface area contributed by atoms with Crippen LogP contribution in [0.15, 0.2) is 12.1 Å². The maximum atomic E-state index is 3.83. The number of benzene rings is 1. The number of hydrogen-bond acceptors (Lipinski definition) is 1. The lowest BCUT2D eigenvalue weighted by molar-refractivity contribution is 0.475. The first-order valence-corrected chi connectivity index (χ1v) is 8.62. The van der Waals surface area contributed by atoms with Crippen LogP contribution >= 0.6 is 0 Å². The number of hydrogen-bond donors (Lipinski definition) is 1. The van der Waals surface area contributed by atoms with E-state index < -0.39 is 0 Å². The fourth-order valence-corrected chi connectivity index (χ4v) is 3.27. The molecule has 0 amide bonds. The Labute approximate surface area is 125 Å². The van der Waals surface area contributed by atoms with Crippen molar-refractivity contribution in [3.8, 4) is 0 Å². The van der Waals surface area contributed by atoms with Crippen molar-refractivity contribution in [3.63, 3.8) is 0 Å². The van der Waals surface area contributed by atoms with Crippen molar-refractivity contribution in [3.05, 3.63) is 34.4 Å². The van der Waals surface area contributed by atoms with Gasteiger partial charge < -0.3 is 5.32 Å². The van der Waals surface area contributed by atoms with Crippen molar-refractivity contribution in [2.24, 2.45) is 5.92 Å². The normalized spacial score (nSPS) is 16.4. The van der Waals surface area contributed by atoms with Crippen LogP contribution in [0.5, 0.6) is 0 Å². The zero-order valence-corrected chi connectivity index (χ0v) is 13.8. The quantitative estimate of drug-likeness (QED) is 0.715. The molecule has 1 aliphatic rings. The van der Waals surface area contributed by atoms with Gasteiger partial charge in [0, 0.05) is 6.04 Å². The van der Waals surface area contributed by atoms with Crippen molar-refractivity contribution < 1.29 is 0 Å². The summed E-state index contributed by atoms with van der Waals surface area (Å²) in [6.45, 7) is 10.3. The van der Waals surface area contributed by atoms with Crippen molar-refractivity contribution in [2.45, 2.75) is 72.3 Å². The van der Waals surface area contributed by atoms with Crippen LogP contribution in [-0.2, 0) is 19.3 Å². The van der Waals surface area contributed by atoms with Gasteiger partial charge in [-0.1, -0.05) is 39.8 Å². The molecule has 1 nitrogen and oxygen atoms in total. The van der Waals surface area contributed by atoms with E-state index >= 15 is 0 Å². The van der Waals surface area contributed by atoms with Gasteiger partial charge >= 0.3 is 0 Å². The molecule has 0 aliphatic heterocycles. The molecule has 1 aromatic rings. The van der Waals surface area contributed by atoms with Gasteiger partial charge in [-0.25, -0.2) is 0 Å². The highest BCUT2D eigenvalue weighted by Crippen LogP contribution is 2.43. The van der Waals surface area contributed by atoms with Crippen LogP contribution in [0, 0.1) is 5.92 Å². The first-order chi connectivity index (χ1) is 9.74. The highest BCUT2D eigenvalue weighted by molar-refractivity contribution is 5.42. The molecule has 112 valence electrons. The lowest BCUT2D eigenvalue weighted by Gasteiger charge is -2.25. The van der Waals surface area contributed by atoms with Crippen molar-refractivity contribution in [1.29, 1.82) is 0 Å². The number of nitrogens with one attached hydrogen (secondary N) is 1. The Morgan fingerprint density at radius 2 is 1.60 bits per heavy atom. The molecule has 1 fully saturated rings. The molecule has 1 aromatic carbocycles. The molecule has 1 heteroatoms. The van der Waals surface area contributed by atoms with E-state index in [-0.39, 0.29) is 0 Å². The van der Waals surface area contributed by atoms with Gasteiger partial charge in [0.1, 0.15) is 0 Å². The van der Waals surface area contributed by atoms with Gasteiger partial charge in [0.05, 0.1) is 0 Å². The van der Waals surface area contributed by atoms with E-state index in [2.05, 4.69) is 45.1 Å². The molecule has 1 saturated carbocycles. The third-order valence-electron chi connectivity index (χ3n) is 4.60. The van der Waals surface area contributed by atoms with E-state index in [1.165, 1.54) is 24.8 Å². The third kappa shape index (κ3) is 3.44. The minimum absolute atomic E-state index is 0.603. The SMILES string of the molecule is CCCNC(c1c(CC)cc(CC)cc1CC)C1CC1. The average Bonchev–Trinajstić information content (AvgIpc) is 3.31. The zero-order valence-electron chi connectivity index (χ0n) is 13.8. The molecule has 1 unspecified atom stereocenters. The Morgan fingerprint density at radius 1 is 1.00 bits per heavy atom. The smallest absolute Gasteiger partial charge is 0.0354 e. The van der Waals surface area contributed by atoms with Crippen molar-refractivity contribution in [2.75, 3.05) is 6.54 Å². The average molecular weight is 273 g/mol. The molecule has 0 spiro atoms. The Bertz CT molecular complexity index is 406. The molecule has 20 heavy (non-hydrogen) atoms. The van der Waals surface area contributed by atoms with Gasteiger partial charge in [0.25, 0.3) is 0 Å². The molecule has 0 bridgehead atoms. The predicted molar refractivity (Wildman–Crippen MR) is 88.3 cm³/mol. The summed E-state index contributed by atoms with van der Waals surface area (Å²) in [4.78, 5) is 0. The molecule has 2 rings (SSSR count). The fourth-order valence-electron chi connectivity index (χ4n) is 3.27. The van der Waals surface area contributed by atoms with Gasteiger partial charge in [-0.15, -0.1) is 0 Å². The van der Waals surface area contributed by atoms with Gasteiger partial charge in [0.2, 0.25) is 0 Å². The third-order valence-corrected chi connectivity index (χ3v) is 4.60. The summed E-state index contributed by atoms with van der Waals surface area (Å²) in [6, 6.07) is 5.51. The lowest BCUT2D eigenvalue weighted by atomic mass is 9.87. The number of rotatable bonds is 8. The second-order valence-electron chi connectivity index (χ2n) is 6.16. The summed E-state index contributed by atoms with van der Waals surface area (Å²) in [5.41, 5.74) is 6.32. The number of aryl methyl sites for hydroxylation is 3. The molecule has 1 atom stereocenters. The van der Waals surface area contributed by atoms with Crippen molar-refractivity contribution in [1.82, 2.24) is 5.32 Å². The minimum Gasteiger partial charge on any atom is -0.310 e. The molecule has 0 aromatic heterocycles. The minimum atomic E-state index is 0.603. The first kappa shape index (κ1) is 15.6. The summed E-state index contributed by atoms with van der Waals surface area (Å²) in [7, 11) is 0. The van der Waals surface area contributed by atoms with Crippen LogP contribution in [0.25, 0.3) is 0 Å². The van der Waals surface area contributed by atoms with Crippen LogP contribution in [0.4, 0.5) is 0 Å². The van der Waals surface area contributed by atoms with E-state index in [1.807, 2.05) is 0 Å². The molecule has 0 heterocycles. The summed E-state index contributed by atoms with van der Waals surface area (Å²) < 4.78 is 0. The van der Waals surface area contributed by atoms with E-state index in [1.54, 1.807) is 16.7 Å². The summed E-state index contributed by atoms with van der Waals surface area (Å²) in [6.07, 6.45) is 7.50. The molecular weight excluding hydrogens is 242 g/mol. The van der Waals surface area contributed by atoms with Crippen LogP contribution in [-0.4, -0.2) is 6.54 Å². The standard InChI is InChI=1S/C19H31N/c1-5-11-20-19(17-9-10-17)18-15(7-3)12-14(6-2)13-16(18)8-4/h12-13,17,19-20H,5-11H2,1-4H3. The molecule has 0 radical (unpaired) electrons. The summed E-state index contributed by atoms with van der Waals surface area (Å²) in [5, 5.41) is 3.83. The molecule has 1 aliphatic carbocycles. The Morgan fingerprint density at radius 3 is 2.00 bits per heavy atom. The zero-order chi connectivity index (χ0) is 14.5. The van der Waals surface area contributed by atoms with Gasteiger partial charge in [-0.3, -0.25) is 0 Å². The summed E-state index contributed by atoms with van der Waals surface area (Å²) in [5.74, 6) is 0.879. The van der Waals surface area contributed by atoms with Crippen LogP contribution < -0.4 is 5.32 Å². The van der Waals surface area contributed by atoms with Gasteiger partial charge in [-0.05, 0) is 73.2 Å². The Balaban J connectivity index is 2.39. The maximum absolute atomic E-state index is 3.83. The van der Waals surface area contributed by atoms with Gasteiger partial charge in [0.15, 0.2) is 0 Å². The van der Waals surface area contributed by atoms with E-state index in [9.17, 15) is 0 Å². The maximum Gasteiger partial charge on any atom is 0.0354 e. The van der Waals surface area contributed by atoms with Crippen LogP contribution in [0.2, 0.25) is 0 Å². The fraction of sp³-hybridized carbons (Fsp3) is 0.684. The van der Waals surface area contributed by atoms with Gasteiger partial charge in [-0.2, -0.15) is 0 Å². The highest BCUT2D eigenvalue weighted by Gasteiger charge is 2.34. The molecular formula is C19H31N. The van der Waals surface area contributed by atoms with Crippen LogP contribution in [0.3, 0.4) is 0 Å². The Kier molecular flexibility index (Phi) is 5.65. The van der Waals surface area contributed by atoms with E-state index in [0.29, 0.717) is 6.04 Å². The van der Waals surface area contributed by atoms with Crippen molar-refractivity contribution >= 4 is 0 Å². The second kappa shape index (κ2) is 7.26. The molecule has 1 N–H and O–H groups in total. The van der Waals surface area contributed by atoms with Crippen LogP contribution in [0.1, 0.15) is 75.3 Å². The second-order valence-corrected chi connectivity index (χ2v) is 6.16. The van der Waals surface area contributed by atoms with E-state index in [0.717, 1.165) is 31.7 Å². The summed E-state index contributed by atoms with van der Waals surface area (Å²) >= 11 is 0.